The number of nitrogens with zero attached hydrogens (tertiary/aromatic N) is 1. The molecule has 0 saturated heterocycles. The van der Waals surface area contributed by atoms with E-state index in [2.05, 4.69) is 15.6 Å². The van der Waals surface area contributed by atoms with Crippen LogP contribution in [0.5, 0.6) is 0 Å². The summed E-state index contributed by atoms with van der Waals surface area (Å²) < 4.78 is 0. The van der Waals surface area contributed by atoms with E-state index >= 15 is 0 Å². The van der Waals surface area contributed by atoms with Crippen LogP contribution in [0.1, 0.15) is 36.7 Å². The number of pyridine rings is 1. The Morgan fingerprint density at radius 2 is 1.81 bits per heavy atom. The van der Waals surface area contributed by atoms with Gasteiger partial charge in [-0.15, -0.1) is 0 Å². The number of carbonyl (C=O) groups is 2. The Labute approximate surface area is 152 Å². The van der Waals surface area contributed by atoms with Crippen LogP contribution in [0.15, 0.2) is 60.8 Å². The summed E-state index contributed by atoms with van der Waals surface area (Å²) >= 11 is 0. The van der Waals surface area contributed by atoms with Crippen molar-refractivity contribution in [2.45, 2.75) is 26.3 Å². The third-order valence-electron chi connectivity index (χ3n) is 4.28. The summed E-state index contributed by atoms with van der Waals surface area (Å²) in [5.74, 6) is -0.00392. The number of hydrogen-bond acceptors (Lipinski definition) is 3. The lowest BCUT2D eigenvalue weighted by atomic mass is 9.92. The molecule has 1 aromatic heterocycles. The van der Waals surface area contributed by atoms with Gasteiger partial charge in [0.15, 0.2) is 5.78 Å². The number of fused-ring (bicyclic) bond motifs is 1. The molecular weight excluding hydrogens is 326 g/mol. The molecule has 0 fully saturated rings. The number of nitrogens with one attached hydrogen (secondary N) is 2. The molecule has 0 saturated carbocycles. The molecule has 132 valence electrons. The molecule has 0 aliphatic heterocycles. The van der Waals surface area contributed by atoms with Gasteiger partial charge in [0.05, 0.1) is 11.1 Å². The van der Waals surface area contributed by atoms with Gasteiger partial charge in [0.2, 0.25) is 0 Å². The smallest absolute Gasteiger partial charge is 0.319 e. The van der Waals surface area contributed by atoms with Crippen LogP contribution in [-0.2, 0) is 5.54 Å². The molecular formula is C21H21N3O2. The van der Waals surface area contributed by atoms with Gasteiger partial charge in [-0.3, -0.25) is 9.78 Å². The fourth-order valence-electron chi connectivity index (χ4n) is 2.79. The molecule has 3 aromatic rings. The summed E-state index contributed by atoms with van der Waals surface area (Å²) in [6.07, 6.45) is 1.72. The largest absolute Gasteiger partial charge is 0.329 e. The highest BCUT2D eigenvalue weighted by atomic mass is 16.2. The highest BCUT2D eigenvalue weighted by Crippen LogP contribution is 2.22. The van der Waals surface area contributed by atoms with Crippen molar-refractivity contribution in [1.29, 1.82) is 0 Å². The van der Waals surface area contributed by atoms with Crippen molar-refractivity contribution >= 4 is 28.4 Å². The first kappa shape index (κ1) is 17.6. The van der Waals surface area contributed by atoms with Crippen molar-refractivity contribution in [2.24, 2.45) is 0 Å². The van der Waals surface area contributed by atoms with Crippen molar-refractivity contribution in [2.75, 3.05) is 5.32 Å². The zero-order valence-corrected chi connectivity index (χ0v) is 15.0. The van der Waals surface area contributed by atoms with Gasteiger partial charge < -0.3 is 10.6 Å². The van der Waals surface area contributed by atoms with Crippen LogP contribution in [-0.4, -0.2) is 16.8 Å². The van der Waals surface area contributed by atoms with Crippen molar-refractivity contribution in [3.63, 3.8) is 0 Å². The van der Waals surface area contributed by atoms with E-state index in [9.17, 15) is 9.59 Å². The Morgan fingerprint density at radius 3 is 2.58 bits per heavy atom. The van der Waals surface area contributed by atoms with Gasteiger partial charge in [-0.1, -0.05) is 30.3 Å². The molecule has 0 aliphatic carbocycles. The average Bonchev–Trinajstić information content (AvgIpc) is 2.61. The number of urea groups is 1. The third-order valence-corrected chi connectivity index (χ3v) is 4.28. The van der Waals surface area contributed by atoms with Crippen LogP contribution in [0.4, 0.5) is 10.5 Å². The maximum atomic E-state index is 12.4. The number of rotatable bonds is 4. The van der Waals surface area contributed by atoms with Crippen LogP contribution in [0.25, 0.3) is 10.9 Å². The summed E-state index contributed by atoms with van der Waals surface area (Å²) in [6, 6.07) is 16.4. The highest BCUT2D eigenvalue weighted by molar-refractivity contribution is 5.95. The molecule has 2 N–H and O–H groups in total. The Hall–Kier alpha value is -3.21. The van der Waals surface area contributed by atoms with Crippen molar-refractivity contribution < 1.29 is 9.59 Å². The number of hydrogen-bond donors (Lipinski definition) is 2. The quantitative estimate of drug-likeness (QED) is 0.683. The minimum atomic E-state index is -0.634. The third kappa shape index (κ3) is 3.88. The molecule has 0 radical (unpaired) electrons. The monoisotopic (exact) mass is 347 g/mol. The SMILES string of the molecule is CC(=O)c1cccc(C(C)(C)NC(=O)Nc2ccc3cccnc3c2)c1. The molecule has 2 aromatic carbocycles. The zero-order chi connectivity index (χ0) is 18.7. The lowest BCUT2D eigenvalue weighted by molar-refractivity contribution is 0.101. The van der Waals surface area contributed by atoms with Gasteiger partial charge in [-0.2, -0.15) is 0 Å². The second-order valence-corrected chi connectivity index (χ2v) is 6.75. The van der Waals surface area contributed by atoms with Gasteiger partial charge in [-0.25, -0.2) is 4.79 Å². The standard InChI is InChI=1S/C21H21N3O2/c1-14(25)16-6-4-8-17(12-16)21(2,3)24-20(26)23-18-10-9-15-7-5-11-22-19(15)13-18/h4-13H,1-3H3,(H2,23,24,26). The summed E-state index contributed by atoms with van der Waals surface area (Å²) in [6.45, 7) is 5.32. The molecule has 5 nitrogen and oxygen atoms in total. The lowest BCUT2D eigenvalue weighted by Gasteiger charge is -2.27. The van der Waals surface area contributed by atoms with E-state index < -0.39 is 5.54 Å². The second-order valence-electron chi connectivity index (χ2n) is 6.75. The van der Waals surface area contributed by atoms with Crippen molar-refractivity contribution in [3.05, 3.63) is 71.9 Å². The van der Waals surface area contributed by atoms with E-state index in [-0.39, 0.29) is 11.8 Å². The van der Waals surface area contributed by atoms with Crippen molar-refractivity contribution in [1.82, 2.24) is 10.3 Å². The van der Waals surface area contributed by atoms with Gasteiger partial charge in [0.1, 0.15) is 0 Å². The fourth-order valence-corrected chi connectivity index (χ4v) is 2.79. The molecule has 0 bridgehead atoms. The molecule has 3 rings (SSSR count). The fraction of sp³-hybridized carbons (Fsp3) is 0.190. The molecule has 0 spiro atoms. The Balaban J connectivity index is 1.75. The predicted octanol–water partition coefficient (Wildman–Crippen LogP) is 4.49. The van der Waals surface area contributed by atoms with Crippen LogP contribution in [0, 0.1) is 0 Å². The first-order valence-corrected chi connectivity index (χ1v) is 8.40. The first-order chi connectivity index (χ1) is 12.3. The number of benzene rings is 2. The van der Waals surface area contributed by atoms with E-state index in [1.54, 1.807) is 12.3 Å². The number of aromatic nitrogens is 1. The minimum Gasteiger partial charge on any atom is -0.329 e. The van der Waals surface area contributed by atoms with E-state index in [0.717, 1.165) is 16.5 Å². The maximum Gasteiger partial charge on any atom is 0.319 e. The molecule has 1 heterocycles. The van der Waals surface area contributed by atoms with Gasteiger partial charge in [-0.05, 0) is 50.6 Å². The number of anilines is 1. The van der Waals surface area contributed by atoms with Gasteiger partial charge in [0.25, 0.3) is 0 Å². The summed E-state index contributed by atoms with van der Waals surface area (Å²) in [4.78, 5) is 28.3. The maximum absolute atomic E-state index is 12.4. The van der Waals surface area contributed by atoms with Crippen LogP contribution in [0.3, 0.4) is 0 Å². The van der Waals surface area contributed by atoms with Gasteiger partial charge >= 0.3 is 6.03 Å². The molecule has 26 heavy (non-hydrogen) atoms. The summed E-state index contributed by atoms with van der Waals surface area (Å²) in [5.41, 5.74) is 2.34. The second kappa shape index (κ2) is 6.96. The predicted molar refractivity (Wildman–Crippen MR) is 103 cm³/mol. The Kier molecular flexibility index (Phi) is 4.71. The summed E-state index contributed by atoms with van der Waals surface area (Å²) in [5, 5.41) is 6.81. The molecule has 0 atom stereocenters. The van der Waals surface area contributed by atoms with Crippen molar-refractivity contribution in [3.8, 4) is 0 Å². The van der Waals surface area contributed by atoms with Gasteiger partial charge in [0, 0.05) is 22.8 Å². The first-order valence-electron chi connectivity index (χ1n) is 8.40. The van der Waals surface area contributed by atoms with Crippen LogP contribution in [0.2, 0.25) is 0 Å². The Morgan fingerprint density at radius 1 is 1.00 bits per heavy atom. The summed E-state index contributed by atoms with van der Waals surface area (Å²) in [7, 11) is 0. The lowest BCUT2D eigenvalue weighted by Crippen LogP contribution is -2.43. The highest BCUT2D eigenvalue weighted by Gasteiger charge is 2.23. The van der Waals surface area contributed by atoms with E-state index in [0.29, 0.717) is 11.3 Å². The van der Waals surface area contributed by atoms with Crippen LogP contribution >= 0.6 is 0 Å². The Bertz CT molecular complexity index is 980. The number of carbonyl (C=O) groups excluding carboxylic acids is 2. The minimum absolute atomic E-state index is 0.00392. The van der Waals surface area contributed by atoms with Crippen LogP contribution < -0.4 is 10.6 Å². The molecule has 2 amide bonds. The number of amides is 2. The van der Waals surface area contributed by atoms with E-state index in [1.807, 2.05) is 62.4 Å². The number of Topliss-reactive ketones (excluding diaryl/α,β-unsaturated/α-hetero) is 1. The molecule has 0 unspecified atom stereocenters. The zero-order valence-electron chi connectivity index (χ0n) is 15.0. The normalized spacial score (nSPS) is 11.2. The van der Waals surface area contributed by atoms with E-state index in [1.165, 1.54) is 6.92 Å². The topological polar surface area (TPSA) is 71.1 Å². The molecule has 5 heteroatoms. The average molecular weight is 347 g/mol. The van der Waals surface area contributed by atoms with E-state index in [4.69, 9.17) is 0 Å². The molecule has 0 aliphatic rings. The number of ketones is 1.